The molecule has 6 aliphatic carbocycles. The molecule has 0 aromatic rings. The number of esters is 1. The fraction of sp³-hybridized carbons (Fsp3) is 0.800. The van der Waals surface area contributed by atoms with E-state index in [1.807, 2.05) is 24.3 Å². The Morgan fingerprint density at radius 1 is 0.697 bits per heavy atom. The van der Waals surface area contributed by atoms with Gasteiger partial charge >= 0.3 is 36.2 Å². The summed E-state index contributed by atoms with van der Waals surface area (Å²) in [4.78, 5) is 11.9. The highest BCUT2D eigenvalue weighted by molar-refractivity contribution is 8.19. The lowest BCUT2D eigenvalue weighted by molar-refractivity contribution is -0.378. The second kappa shape index (κ2) is 21.3. The summed E-state index contributed by atoms with van der Waals surface area (Å²) in [6.45, 7) is -1.12. The SMILES string of the molecule is CC(CC(O)(C(F)(F)F)C(F)(F)F)OC(=O)C1CC2C=CC1C2.O=S(=O)(CCCCC1CC2C=CC1C2)C(F)(F)F.OC(COCC1CC2C=CC1C2)(C(F)(F)F)C(F)(F)F.[B]S(=C)(C)=N. The van der Waals surface area contributed by atoms with E-state index < -0.39 is 97.3 Å². The lowest BCUT2D eigenvalue weighted by atomic mass is 9.89. The minimum atomic E-state index is -5.92. The Kier molecular flexibility index (Phi) is 18.7. The largest absolute Gasteiger partial charge is 0.497 e. The topological polar surface area (TPSA) is 134 Å². The molecule has 0 aliphatic heterocycles. The van der Waals surface area contributed by atoms with Crippen molar-refractivity contribution >= 4 is 38.1 Å². The van der Waals surface area contributed by atoms with Crippen molar-refractivity contribution in [2.75, 3.05) is 25.2 Å². The monoisotopic (exact) mass is 1020 g/mol. The molecule has 0 amide bonds. The van der Waals surface area contributed by atoms with E-state index in [0.717, 1.165) is 32.6 Å². The number of hydrogen-bond acceptors (Lipinski definition) is 8. The molecule has 0 heterocycles. The van der Waals surface area contributed by atoms with Crippen LogP contribution in [0.1, 0.15) is 71.1 Å². The Balaban J connectivity index is 0.000000251. The zero-order chi connectivity index (χ0) is 50.7. The maximum atomic E-state index is 12.6. The summed E-state index contributed by atoms with van der Waals surface area (Å²) in [5.74, 6) is 3.50. The van der Waals surface area contributed by atoms with Gasteiger partial charge in [0.25, 0.3) is 11.2 Å². The Hall–Kier alpha value is -2.45. The van der Waals surface area contributed by atoms with Crippen molar-refractivity contribution in [1.29, 1.82) is 4.78 Å². The normalized spacial score (nSPS) is 29.3. The Morgan fingerprint density at radius 3 is 1.45 bits per heavy atom. The van der Waals surface area contributed by atoms with Crippen LogP contribution in [0.5, 0.6) is 0 Å². The van der Waals surface area contributed by atoms with Crippen LogP contribution in [0, 0.1) is 58.0 Å². The number of ether oxygens (including phenoxy) is 2. The smallest absolute Gasteiger partial charge is 0.462 e. The number of fused-ring (bicyclic) bond motifs is 6. The minimum Gasteiger partial charge on any atom is -0.462 e. The van der Waals surface area contributed by atoms with Crippen molar-refractivity contribution < 1.29 is 98.8 Å². The molecule has 3 saturated carbocycles. The van der Waals surface area contributed by atoms with Gasteiger partial charge in [-0.15, -0.1) is 0 Å². The fourth-order valence-corrected chi connectivity index (χ4v) is 9.81. The molecule has 2 radical (unpaired) electrons. The molecule has 0 aromatic carbocycles. The molecule has 0 saturated heterocycles. The number of nitrogens with one attached hydrogen (secondary N) is 1. The first kappa shape index (κ1) is 57.9. The summed E-state index contributed by atoms with van der Waals surface area (Å²) in [7, 11) is -1.59. The van der Waals surface area contributed by atoms with Crippen LogP contribution in [0.4, 0.5) is 65.9 Å². The van der Waals surface area contributed by atoms with Crippen molar-refractivity contribution in [3.63, 3.8) is 0 Å². The molecule has 3 N–H and O–H groups in total. The van der Waals surface area contributed by atoms with Crippen LogP contribution in [0.25, 0.3) is 0 Å². The first-order chi connectivity index (χ1) is 29.7. The third-order valence-electron chi connectivity index (χ3n) is 12.4. The van der Waals surface area contributed by atoms with E-state index in [1.54, 1.807) is 6.26 Å². The zero-order valence-electron chi connectivity index (χ0n) is 35.6. The molecular weight excluding hydrogens is 966 g/mol. The number of allylic oxidation sites excluding steroid dienone is 6. The summed E-state index contributed by atoms with van der Waals surface area (Å²) < 4.78 is 224. The molecule has 66 heavy (non-hydrogen) atoms. The van der Waals surface area contributed by atoms with Gasteiger partial charge in [0, 0.05) is 6.42 Å². The van der Waals surface area contributed by atoms with E-state index in [1.165, 1.54) is 6.42 Å². The quantitative estimate of drug-likeness (QED) is 0.0418. The first-order valence-electron chi connectivity index (χ1n) is 20.7. The van der Waals surface area contributed by atoms with Gasteiger partial charge in [0.1, 0.15) is 6.10 Å². The standard InChI is InChI=1S/C14H16F6O3.C12H14F6O2.C12H17F3O2S.C2H6BNS/c1-7(6-12(22,13(15,16)17)14(18,19)20)23-11(21)10-5-8-2-3-9(10)4-8;13-11(14,15)10(19,12(16,17)18)6-20-5-9-4-7-1-2-8(9)3-7;13-12(14,15)18(16,17)6-2-1-3-10-7-9-4-5-11(10)8-9;1-5(2,3)4/h2-3,7-10,22H,4-6H2,1H3;1-2,7-9,19H,3-6H2;4-5,9-11H,1-3,6-8H2;4H,1H2,2H3. The number of aliphatic hydroxyl groups is 2. The number of carbonyl (C=O) groups excluding carboxylic acids is 1. The summed E-state index contributed by atoms with van der Waals surface area (Å²) in [6.07, 6.45) is -6.68. The highest BCUT2D eigenvalue weighted by Gasteiger charge is 2.71. The van der Waals surface area contributed by atoms with Gasteiger partial charge in [0.2, 0.25) is 9.84 Å². The first-order valence-corrected chi connectivity index (χ1v) is 24.6. The van der Waals surface area contributed by atoms with Crippen molar-refractivity contribution in [3.05, 3.63) is 36.5 Å². The van der Waals surface area contributed by atoms with Crippen LogP contribution in [0.15, 0.2) is 36.5 Å². The number of carbonyl (C=O) groups is 1. The molecule has 11 unspecified atom stereocenters. The molecule has 8 nitrogen and oxygen atoms in total. The summed E-state index contributed by atoms with van der Waals surface area (Å²) >= 11 is 0. The van der Waals surface area contributed by atoms with Gasteiger partial charge < -0.3 is 19.7 Å². The lowest BCUT2D eigenvalue weighted by Gasteiger charge is -2.34. The summed E-state index contributed by atoms with van der Waals surface area (Å²) in [6, 6.07) is 0. The fourth-order valence-electron chi connectivity index (χ4n) is 9.00. The van der Waals surface area contributed by atoms with Crippen LogP contribution in [0.3, 0.4) is 0 Å². The molecule has 6 bridgehead atoms. The summed E-state index contributed by atoms with van der Waals surface area (Å²) in [5.41, 5.74) is -14.8. The van der Waals surface area contributed by atoms with Gasteiger partial charge in [-0.1, -0.05) is 48.7 Å². The molecule has 6 rings (SSSR count). The molecule has 380 valence electrons. The highest BCUT2D eigenvalue weighted by atomic mass is 32.2. The van der Waals surface area contributed by atoms with Gasteiger partial charge in [-0.3, -0.25) is 9.57 Å². The molecule has 26 heteroatoms. The van der Waals surface area contributed by atoms with E-state index in [0.29, 0.717) is 42.9 Å². The number of alkyl halides is 15. The minimum absolute atomic E-state index is 0.0734. The second-order valence-corrected chi connectivity index (χ2v) is 22.5. The van der Waals surface area contributed by atoms with Crippen molar-refractivity contribution in [2.24, 2.45) is 53.3 Å². The second-order valence-electron chi connectivity index (χ2n) is 18.1. The van der Waals surface area contributed by atoms with Crippen LogP contribution in [0.2, 0.25) is 0 Å². The lowest BCUT2D eigenvalue weighted by Crippen LogP contribution is -2.60. The highest BCUT2D eigenvalue weighted by Crippen LogP contribution is 2.49. The van der Waals surface area contributed by atoms with Gasteiger partial charge in [-0.05, 0) is 112 Å². The molecule has 0 aromatic heterocycles. The maximum absolute atomic E-state index is 12.6. The molecular formula is C40H53BF15NO7S2. The maximum Gasteiger partial charge on any atom is 0.497 e. The molecule has 0 spiro atoms. The van der Waals surface area contributed by atoms with E-state index in [9.17, 15) is 79.1 Å². The average molecular weight is 1020 g/mol. The molecule has 6 aliphatic rings. The third kappa shape index (κ3) is 15.3. The van der Waals surface area contributed by atoms with Gasteiger partial charge in [-0.25, -0.2) is 8.42 Å². The van der Waals surface area contributed by atoms with Crippen molar-refractivity contribution in [2.45, 2.75) is 119 Å². The Bertz CT molecular complexity index is 1910. The van der Waals surface area contributed by atoms with Crippen LogP contribution < -0.4 is 0 Å². The summed E-state index contributed by atoms with van der Waals surface area (Å²) in [5, 5.41) is 18.0. The van der Waals surface area contributed by atoms with Crippen molar-refractivity contribution in [1.82, 2.24) is 0 Å². The van der Waals surface area contributed by atoms with Crippen LogP contribution in [-0.4, -0.2) is 110 Å². The molecule has 3 fully saturated rings. The van der Waals surface area contributed by atoms with E-state index in [4.69, 9.17) is 26.9 Å². The van der Waals surface area contributed by atoms with Crippen LogP contribution in [-0.2, 0) is 33.4 Å². The number of halogens is 15. The van der Waals surface area contributed by atoms with E-state index in [2.05, 4.69) is 22.8 Å². The average Bonchev–Trinajstić information content (AvgIpc) is 4.01. The Labute approximate surface area is 374 Å². The van der Waals surface area contributed by atoms with Crippen molar-refractivity contribution in [3.8, 4) is 0 Å². The number of sulfone groups is 1. The predicted octanol–water partition coefficient (Wildman–Crippen LogP) is 9.80. The molecule has 11 atom stereocenters. The van der Waals surface area contributed by atoms with E-state index >= 15 is 0 Å². The Morgan fingerprint density at radius 2 is 1.11 bits per heavy atom. The number of rotatable bonds is 13. The predicted molar refractivity (Wildman–Crippen MR) is 214 cm³/mol. The van der Waals surface area contributed by atoms with Gasteiger partial charge in [0.15, 0.2) is 7.12 Å². The van der Waals surface area contributed by atoms with Gasteiger partial charge in [0.05, 0.1) is 24.9 Å². The van der Waals surface area contributed by atoms with E-state index in [-0.39, 0.29) is 36.7 Å². The number of hydrogen-bond donors (Lipinski definition) is 3. The zero-order valence-corrected chi connectivity index (χ0v) is 37.3. The third-order valence-corrected chi connectivity index (χ3v) is 14.0. The van der Waals surface area contributed by atoms with Crippen LogP contribution >= 0.6 is 0 Å². The van der Waals surface area contributed by atoms with Gasteiger partial charge in [-0.2, -0.15) is 75.1 Å². The number of unbranched alkanes of at least 4 members (excludes halogenated alkanes) is 1.